The summed E-state index contributed by atoms with van der Waals surface area (Å²) >= 11 is 0. The number of anilines is 1. The van der Waals surface area contributed by atoms with E-state index in [4.69, 9.17) is 4.74 Å². The van der Waals surface area contributed by atoms with Gasteiger partial charge in [0, 0.05) is 29.4 Å². The molecule has 0 saturated carbocycles. The largest absolute Gasteiger partial charge is 0.496 e. The van der Waals surface area contributed by atoms with E-state index in [0.717, 1.165) is 33.8 Å². The SMILES string of the molecule is COc1ccccc1-c1ccc(C(=O)N2Cc3ccc(C(C)=O)n3Cc3ccccc32)cc1. The number of ketones is 1. The van der Waals surface area contributed by atoms with Crippen molar-refractivity contribution in [1.29, 1.82) is 0 Å². The smallest absolute Gasteiger partial charge is 0.258 e. The van der Waals surface area contributed by atoms with Gasteiger partial charge in [0.15, 0.2) is 5.78 Å². The minimum Gasteiger partial charge on any atom is -0.496 e. The van der Waals surface area contributed by atoms with Crippen LogP contribution in [-0.4, -0.2) is 23.4 Å². The molecule has 33 heavy (non-hydrogen) atoms. The van der Waals surface area contributed by atoms with Gasteiger partial charge in [-0.15, -0.1) is 0 Å². The Morgan fingerprint density at radius 3 is 2.30 bits per heavy atom. The Balaban J connectivity index is 1.52. The van der Waals surface area contributed by atoms with Crippen LogP contribution in [0, 0.1) is 0 Å². The molecule has 1 aliphatic heterocycles. The number of fused-ring (bicyclic) bond motifs is 2. The first-order chi connectivity index (χ1) is 16.1. The second-order valence-corrected chi connectivity index (χ2v) is 8.15. The quantitative estimate of drug-likeness (QED) is 0.393. The Hall–Kier alpha value is -4.12. The molecule has 0 bridgehead atoms. The third kappa shape index (κ3) is 3.72. The summed E-state index contributed by atoms with van der Waals surface area (Å²) in [6.07, 6.45) is 0. The summed E-state index contributed by atoms with van der Waals surface area (Å²) in [5.41, 5.74) is 6.05. The maximum atomic E-state index is 13.7. The van der Waals surface area contributed by atoms with Crippen LogP contribution in [-0.2, 0) is 13.1 Å². The van der Waals surface area contributed by atoms with Crippen molar-refractivity contribution in [2.24, 2.45) is 0 Å². The molecule has 164 valence electrons. The lowest BCUT2D eigenvalue weighted by molar-refractivity contribution is 0.0983. The van der Waals surface area contributed by atoms with Gasteiger partial charge in [0.2, 0.25) is 0 Å². The molecule has 2 heterocycles. The van der Waals surface area contributed by atoms with Crippen molar-refractivity contribution in [3.05, 3.63) is 107 Å². The first-order valence-electron chi connectivity index (χ1n) is 10.9. The Kier molecular flexibility index (Phi) is 5.31. The van der Waals surface area contributed by atoms with E-state index < -0.39 is 0 Å². The highest BCUT2D eigenvalue weighted by Gasteiger charge is 2.26. The van der Waals surface area contributed by atoms with E-state index in [1.807, 2.05) is 89.5 Å². The fraction of sp³-hybridized carbons (Fsp3) is 0.143. The molecule has 1 aromatic heterocycles. The van der Waals surface area contributed by atoms with Gasteiger partial charge in [0.1, 0.15) is 5.75 Å². The van der Waals surface area contributed by atoms with Crippen molar-refractivity contribution in [2.45, 2.75) is 20.0 Å². The normalized spacial score (nSPS) is 12.5. The van der Waals surface area contributed by atoms with Crippen LogP contribution in [0.25, 0.3) is 11.1 Å². The molecular weight excluding hydrogens is 412 g/mol. The predicted octanol–water partition coefficient (Wildman–Crippen LogP) is 5.58. The zero-order valence-corrected chi connectivity index (χ0v) is 18.6. The number of aromatic nitrogens is 1. The van der Waals surface area contributed by atoms with Gasteiger partial charge in [-0.25, -0.2) is 0 Å². The van der Waals surface area contributed by atoms with E-state index in [0.29, 0.717) is 24.3 Å². The molecular formula is C28H24N2O3. The maximum Gasteiger partial charge on any atom is 0.258 e. The molecule has 1 amide bonds. The van der Waals surface area contributed by atoms with E-state index in [1.165, 1.54) is 0 Å². The fourth-order valence-electron chi connectivity index (χ4n) is 4.48. The van der Waals surface area contributed by atoms with Crippen LogP contribution in [0.2, 0.25) is 0 Å². The van der Waals surface area contributed by atoms with Gasteiger partial charge in [0.25, 0.3) is 5.91 Å². The lowest BCUT2D eigenvalue weighted by atomic mass is 10.0. The van der Waals surface area contributed by atoms with E-state index in [1.54, 1.807) is 18.9 Å². The number of rotatable bonds is 4. The van der Waals surface area contributed by atoms with Gasteiger partial charge < -0.3 is 14.2 Å². The van der Waals surface area contributed by atoms with Crippen LogP contribution in [0.3, 0.4) is 0 Å². The highest BCUT2D eigenvalue weighted by molar-refractivity contribution is 6.07. The third-order valence-electron chi connectivity index (χ3n) is 6.16. The number of hydrogen-bond donors (Lipinski definition) is 0. The average molecular weight is 437 g/mol. The van der Waals surface area contributed by atoms with Gasteiger partial charge in [-0.1, -0.05) is 48.5 Å². The minimum absolute atomic E-state index is 0.0189. The van der Waals surface area contributed by atoms with Gasteiger partial charge in [-0.05, 0) is 47.5 Å². The van der Waals surface area contributed by atoms with Crippen LogP contribution >= 0.6 is 0 Å². The lowest BCUT2D eigenvalue weighted by Gasteiger charge is -2.23. The molecule has 0 radical (unpaired) electrons. The van der Waals surface area contributed by atoms with E-state index in [2.05, 4.69) is 0 Å². The Bertz CT molecular complexity index is 1350. The predicted molar refractivity (Wildman–Crippen MR) is 129 cm³/mol. The topological polar surface area (TPSA) is 51.5 Å². The molecule has 0 aliphatic carbocycles. The molecule has 0 atom stereocenters. The van der Waals surface area contributed by atoms with Crippen molar-refractivity contribution in [2.75, 3.05) is 12.0 Å². The molecule has 5 rings (SSSR count). The summed E-state index contributed by atoms with van der Waals surface area (Å²) in [7, 11) is 1.65. The van der Waals surface area contributed by atoms with Crippen LogP contribution in [0.5, 0.6) is 5.75 Å². The molecule has 0 spiro atoms. The summed E-state index contributed by atoms with van der Waals surface area (Å²) in [5, 5.41) is 0. The van der Waals surface area contributed by atoms with Gasteiger partial charge in [-0.2, -0.15) is 0 Å². The molecule has 0 saturated heterocycles. The molecule has 5 heteroatoms. The van der Waals surface area contributed by atoms with Crippen LogP contribution in [0.1, 0.15) is 39.0 Å². The average Bonchev–Trinajstić information content (AvgIpc) is 3.17. The zero-order valence-electron chi connectivity index (χ0n) is 18.6. The molecule has 4 aromatic rings. The van der Waals surface area contributed by atoms with Crippen molar-refractivity contribution in [1.82, 2.24) is 4.57 Å². The molecule has 5 nitrogen and oxygen atoms in total. The standard InChI is InChI=1S/C28H24N2O3/c1-19(31)25-16-15-23-18-30(26-9-5-3-7-22(26)17-29(23)25)28(32)21-13-11-20(12-14-21)24-8-4-6-10-27(24)33-2/h3-16H,17-18H2,1-2H3. The van der Waals surface area contributed by atoms with Crippen LogP contribution in [0.15, 0.2) is 84.9 Å². The summed E-state index contributed by atoms with van der Waals surface area (Å²) in [5.74, 6) is 0.735. The highest BCUT2D eigenvalue weighted by atomic mass is 16.5. The molecule has 0 fully saturated rings. The monoisotopic (exact) mass is 436 g/mol. The maximum absolute atomic E-state index is 13.7. The number of benzene rings is 3. The Morgan fingerprint density at radius 2 is 1.55 bits per heavy atom. The summed E-state index contributed by atoms with van der Waals surface area (Å²) in [4.78, 5) is 27.6. The Labute approximate surface area is 192 Å². The van der Waals surface area contributed by atoms with E-state index in [9.17, 15) is 9.59 Å². The first-order valence-corrected chi connectivity index (χ1v) is 10.9. The summed E-state index contributed by atoms with van der Waals surface area (Å²) in [6, 6.07) is 27.1. The summed E-state index contributed by atoms with van der Waals surface area (Å²) < 4.78 is 7.49. The third-order valence-corrected chi connectivity index (χ3v) is 6.16. The van der Waals surface area contributed by atoms with Crippen molar-refractivity contribution in [3.8, 4) is 16.9 Å². The minimum atomic E-state index is -0.0759. The van der Waals surface area contributed by atoms with Crippen molar-refractivity contribution < 1.29 is 14.3 Å². The number of ether oxygens (including phenoxy) is 1. The number of amides is 1. The van der Waals surface area contributed by atoms with E-state index in [-0.39, 0.29) is 11.7 Å². The van der Waals surface area contributed by atoms with E-state index >= 15 is 0 Å². The van der Waals surface area contributed by atoms with Crippen molar-refractivity contribution in [3.63, 3.8) is 0 Å². The molecule has 1 aliphatic rings. The summed E-state index contributed by atoms with van der Waals surface area (Å²) in [6.45, 7) is 2.53. The first kappa shape index (κ1) is 20.8. The van der Waals surface area contributed by atoms with Crippen LogP contribution in [0.4, 0.5) is 5.69 Å². The number of carbonyl (C=O) groups is 2. The number of carbonyl (C=O) groups excluding carboxylic acids is 2. The molecule has 0 N–H and O–H groups in total. The number of hydrogen-bond acceptors (Lipinski definition) is 3. The van der Waals surface area contributed by atoms with Crippen molar-refractivity contribution >= 4 is 17.4 Å². The zero-order chi connectivity index (χ0) is 22.9. The van der Waals surface area contributed by atoms with Crippen LogP contribution < -0.4 is 9.64 Å². The fourth-order valence-corrected chi connectivity index (χ4v) is 4.48. The molecule has 0 unspecified atom stereocenters. The van der Waals surface area contributed by atoms with Gasteiger partial charge in [0.05, 0.1) is 25.9 Å². The second-order valence-electron chi connectivity index (χ2n) is 8.15. The highest BCUT2D eigenvalue weighted by Crippen LogP contribution is 2.32. The Morgan fingerprint density at radius 1 is 0.818 bits per heavy atom. The number of para-hydroxylation sites is 2. The second kappa shape index (κ2) is 8.43. The van der Waals surface area contributed by atoms with Gasteiger partial charge in [-0.3, -0.25) is 9.59 Å². The van der Waals surface area contributed by atoms with Gasteiger partial charge >= 0.3 is 0 Å². The lowest BCUT2D eigenvalue weighted by Crippen LogP contribution is -2.30. The number of nitrogens with zero attached hydrogens (tertiary/aromatic N) is 2. The molecule has 3 aromatic carbocycles. The number of Topliss-reactive ketones (excluding diaryl/α,β-unsaturated/α-hetero) is 1. The number of methoxy groups -OCH3 is 1.